The van der Waals surface area contributed by atoms with E-state index in [0.717, 1.165) is 36.2 Å². The van der Waals surface area contributed by atoms with Crippen LogP contribution in [-0.2, 0) is 11.2 Å². The van der Waals surface area contributed by atoms with Gasteiger partial charge in [0, 0.05) is 16.6 Å². The third-order valence-electron chi connectivity index (χ3n) is 4.90. The minimum Gasteiger partial charge on any atom is -0.493 e. The smallest absolute Gasteiger partial charge is 0.239 e. The summed E-state index contributed by atoms with van der Waals surface area (Å²) in [5.74, 6) is 1.05. The zero-order chi connectivity index (χ0) is 23.8. The first-order valence-corrected chi connectivity index (χ1v) is 12.3. The highest BCUT2D eigenvalue weighted by atomic mass is 32.2. The summed E-state index contributed by atoms with van der Waals surface area (Å²) in [5.41, 5.74) is 3.00. The fourth-order valence-electron chi connectivity index (χ4n) is 3.04. The highest BCUT2D eigenvalue weighted by Gasteiger charge is 2.19. The molecule has 0 aliphatic heterocycles. The van der Waals surface area contributed by atoms with Crippen molar-refractivity contribution in [2.24, 2.45) is 0 Å². The van der Waals surface area contributed by atoms with E-state index in [9.17, 15) is 10.1 Å². The molecule has 172 valence electrons. The maximum Gasteiger partial charge on any atom is 0.239 e. The molecule has 0 fully saturated rings. The minimum atomic E-state index is -0.445. The molecular weight excluding hydrogens is 456 g/mol. The SMILES string of the molecule is CCCCc1ccc(C#N)c(SC(C)C(=O)Nc2nc(-c3ccc(OC)c(OC)c3)cs2)n1. The van der Waals surface area contributed by atoms with Crippen LogP contribution < -0.4 is 14.8 Å². The summed E-state index contributed by atoms with van der Waals surface area (Å²) >= 11 is 2.63. The summed E-state index contributed by atoms with van der Waals surface area (Å²) < 4.78 is 10.6. The van der Waals surface area contributed by atoms with E-state index in [2.05, 4.69) is 28.3 Å². The van der Waals surface area contributed by atoms with Gasteiger partial charge in [-0.3, -0.25) is 4.79 Å². The quantitative estimate of drug-likeness (QED) is 0.378. The maximum absolute atomic E-state index is 12.8. The molecule has 0 spiro atoms. The van der Waals surface area contributed by atoms with E-state index in [0.29, 0.717) is 27.2 Å². The molecule has 3 rings (SSSR count). The van der Waals surface area contributed by atoms with Crippen molar-refractivity contribution in [3.05, 3.63) is 47.0 Å². The predicted octanol–water partition coefficient (Wildman–Crippen LogP) is 5.56. The number of thioether (sulfide) groups is 1. The van der Waals surface area contributed by atoms with E-state index in [1.54, 1.807) is 27.2 Å². The van der Waals surface area contributed by atoms with Crippen LogP contribution in [0.5, 0.6) is 11.5 Å². The van der Waals surface area contributed by atoms with Crippen LogP contribution in [0.1, 0.15) is 37.9 Å². The highest BCUT2D eigenvalue weighted by Crippen LogP contribution is 2.34. The van der Waals surface area contributed by atoms with Crippen molar-refractivity contribution in [2.45, 2.75) is 43.4 Å². The van der Waals surface area contributed by atoms with Crippen LogP contribution in [0.3, 0.4) is 0 Å². The third-order valence-corrected chi connectivity index (χ3v) is 6.76. The first kappa shape index (κ1) is 24.6. The van der Waals surface area contributed by atoms with Gasteiger partial charge in [0.15, 0.2) is 16.6 Å². The standard InChI is InChI=1S/C24H26N4O3S2/c1-5-6-7-18-10-8-17(13-25)23(26-18)33-15(2)22(29)28-24-27-19(14-32-24)16-9-11-20(30-3)21(12-16)31-4/h8-12,14-15H,5-7H2,1-4H3,(H,27,28,29). The number of carbonyl (C=O) groups excluding carboxylic acids is 1. The molecule has 1 aromatic carbocycles. The molecule has 1 atom stereocenters. The first-order chi connectivity index (χ1) is 16.0. The van der Waals surface area contributed by atoms with E-state index in [-0.39, 0.29) is 5.91 Å². The number of amides is 1. The molecule has 2 heterocycles. The topological polar surface area (TPSA) is 97.1 Å². The molecule has 0 radical (unpaired) electrons. The Bertz CT molecular complexity index is 1160. The molecule has 1 amide bonds. The summed E-state index contributed by atoms with van der Waals surface area (Å²) in [6, 6.07) is 11.4. The average Bonchev–Trinajstić information content (AvgIpc) is 3.30. The number of benzene rings is 1. The van der Waals surface area contributed by atoms with Gasteiger partial charge in [0.25, 0.3) is 0 Å². The Morgan fingerprint density at radius 3 is 2.70 bits per heavy atom. The molecule has 1 N–H and O–H groups in total. The van der Waals surface area contributed by atoms with Crippen LogP contribution in [0.2, 0.25) is 0 Å². The number of carbonyl (C=O) groups is 1. The molecule has 0 saturated carbocycles. The van der Waals surface area contributed by atoms with Crippen molar-refractivity contribution in [1.82, 2.24) is 9.97 Å². The highest BCUT2D eigenvalue weighted by molar-refractivity contribution is 8.00. The lowest BCUT2D eigenvalue weighted by Gasteiger charge is -2.12. The van der Waals surface area contributed by atoms with Crippen molar-refractivity contribution in [1.29, 1.82) is 5.26 Å². The summed E-state index contributed by atoms with van der Waals surface area (Å²) in [5, 5.41) is 14.8. The number of ether oxygens (including phenoxy) is 2. The van der Waals surface area contributed by atoms with E-state index in [1.165, 1.54) is 23.1 Å². The van der Waals surface area contributed by atoms with Gasteiger partial charge in [-0.25, -0.2) is 9.97 Å². The summed E-state index contributed by atoms with van der Waals surface area (Å²) in [4.78, 5) is 21.9. The lowest BCUT2D eigenvalue weighted by Crippen LogP contribution is -2.22. The number of aromatic nitrogens is 2. The Labute approximate surface area is 202 Å². The Hall–Kier alpha value is -3.09. The Balaban J connectivity index is 1.69. The molecule has 7 nitrogen and oxygen atoms in total. The van der Waals surface area contributed by atoms with Crippen molar-refractivity contribution < 1.29 is 14.3 Å². The van der Waals surface area contributed by atoms with Gasteiger partial charge in [-0.05, 0) is 50.1 Å². The molecule has 3 aromatic rings. The Morgan fingerprint density at radius 1 is 1.21 bits per heavy atom. The Kier molecular flexibility index (Phi) is 8.69. The molecule has 0 bridgehead atoms. The number of aryl methyl sites for hydroxylation is 1. The van der Waals surface area contributed by atoms with E-state index < -0.39 is 5.25 Å². The van der Waals surface area contributed by atoms with Crippen LogP contribution >= 0.6 is 23.1 Å². The minimum absolute atomic E-state index is 0.196. The van der Waals surface area contributed by atoms with Crippen molar-refractivity contribution in [3.8, 4) is 28.8 Å². The number of methoxy groups -OCH3 is 2. The van der Waals surface area contributed by atoms with E-state index in [4.69, 9.17) is 9.47 Å². The molecule has 9 heteroatoms. The fraction of sp³-hybridized carbons (Fsp3) is 0.333. The molecule has 33 heavy (non-hydrogen) atoms. The van der Waals surface area contributed by atoms with Gasteiger partial charge in [-0.2, -0.15) is 5.26 Å². The zero-order valence-electron chi connectivity index (χ0n) is 19.0. The van der Waals surface area contributed by atoms with Gasteiger partial charge in [-0.15, -0.1) is 11.3 Å². The number of nitriles is 1. The summed E-state index contributed by atoms with van der Waals surface area (Å²) in [7, 11) is 3.17. The van der Waals surface area contributed by atoms with E-state index in [1.807, 2.05) is 29.6 Å². The first-order valence-electron chi connectivity index (χ1n) is 10.5. The summed E-state index contributed by atoms with van der Waals surface area (Å²) in [6.45, 7) is 3.92. The number of hydrogen-bond donors (Lipinski definition) is 1. The van der Waals surface area contributed by atoms with Gasteiger partial charge in [0.2, 0.25) is 5.91 Å². The van der Waals surface area contributed by atoms with Crippen molar-refractivity contribution in [3.63, 3.8) is 0 Å². The number of unbranched alkanes of at least 4 members (excludes halogenated alkanes) is 1. The average molecular weight is 483 g/mol. The lowest BCUT2D eigenvalue weighted by atomic mass is 10.1. The lowest BCUT2D eigenvalue weighted by molar-refractivity contribution is -0.115. The van der Waals surface area contributed by atoms with Gasteiger partial charge in [0.1, 0.15) is 11.1 Å². The van der Waals surface area contributed by atoms with E-state index >= 15 is 0 Å². The maximum atomic E-state index is 12.8. The molecule has 1 unspecified atom stereocenters. The molecule has 0 aliphatic rings. The largest absolute Gasteiger partial charge is 0.493 e. The fourth-order valence-corrected chi connectivity index (χ4v) is 4.67. The number of nitrogens with zero attached hydrogens (tertiary/aromatic N) is 3. The van der Waals surface area contributed by atoms with Gasteiger partial charge < -0.3 is 14.8 Å². The van der Waals surface area contributed by atoms with Crippen LogP contribution in [0.15, 0.2) is 40.7 Å². The monoisotopic (exact) mass is 482 g/mol. The van der Waals surface area contributed by atoms with Gasteiger partial charge >= 0.3 is 0 Å². The number of thiazole rings is 1. The van der Waals surface area contributed by atoms with Crippen molar-refractivity contribution >= 4 is 34.1 Å². The second kappa shape index (κ2) is 11.7. The van der Waals surface area contributed by atoms with Crippen LogP contribution in [0, 0.1) is 11.3 Å². The molecule has 0 saturated heterocycles. The van der Waals surface area contributed by atoms with Crippen LogP contribution in [0.4, 0.5) is 5.13 Å². The molecule has 0 aliphatic carbocycles. The number of anilines is 1. The Morgan fingerprint density at radius 2 is 2.00 bits per heavy atom. The second-order valence-corrected chi connectivity index (χ2v) is 9.42. The normalized spacial score (nSPS) is 11.5. The van der Waals surface area contributed by atoms with Gasteiger partial charge in [-0.1, -0.05) is 25.1 Å². The number of pyridine rings is 1. The van der Waals surface area contributed by atoms with Crippen LogP contribution in [0.25, 0.3) is 11.3 Å². The number of rotatable bonds is 10. The third kappa shape index (κ3) is 6.24. The predicted molar refractivity (Wildman–Crippen MR) is 132 cm³/mol. The number of hydrogen-bond acceptors (Lipinski definition) is 8. The number of nitrogens with one attached hydrogen (secondary N) is 1. The van der Waals surface area contributed by atoms with Crippen LogP contribution in [-0.4, -0.2) is 35.3 Å². The second-order valence-electron chi connectivity index (χ2n) is 7.23. The zero-order valence-corrected chi connectivity index (χ0v) is 20.7. The van der Waals surface area contributed by atoms with Crippen molar-refractivity contribution in [2.75, 3.05) is 19.5 Å². The molecular formula is C24H26N4O3S2. The summed E-state index contributed by atoms with van der Waals surface area (Å²) in [6.07, 6.45) is 2.96. The molecule has 2 aromatic heterocycles. The van der Waals surface area contributed by atoms with Gasteiger partial charge in [0.05, 0.1) is 30.7 Å².